The molecule has 12 heteroatoms. The summed E-state index contributed by atoms with van der Waals surface area (Å²) < 4.78 is 59.1. The number of anilines is 3. The number of aryl methyl sites for hydroxylation is 1. The molecule has 188 valence electrons. The van der Waals surface area contributed by atoms with Crippen molar-refractivity contribution in [2.24, 2.45) is 0 Å². The van der Waals surface area contributed by atoms with Gasteiger partial charge in [-0.2, -0.15) is 18.2 Å². The van der Waals surface area contributed by atoms with E-state index in [4.69, 9.17) is 4.74 Å². The number of hydrogen-bond donors (Lipinski definition) is 2. The lowest BCUT2D eigenvalue weighted by Gasteiger charge is -2.25. The molecule has 0 spiro atoms. The maximum atomic E-state index is 13.8. The van der Waals surface area contributed by atoms with E-state index in [0.29, 0.717) is 22.4 Å². The minimum absolute atomic E-state index is 0.0262. The monoisotopic (exact) mass is 502 g/mol. The Bertz CT molecular complexity index is 1310. The topological polar surface area (TPSA) is 92.3 Å². The zero-order chi connectivity index (χ0) is 26.0. The first-order valence-electron chi connectivity index (χ1n) is 10.9. The highest BCUT2D eigenvalue weighted by Gasteiger charge is 2.43. The Kier molecular flexibility index (Phi) is 6.88. The van der Waals surface area contributed by atoms with Gasteiger partial charge in [-0.05, 0) is 56.7 Å². The van der Waals surface area contributed by atoms with Crippen molar-refractivity contribution in [3.05, 3.63) is 71.6 Å². The lowest BCUT2D eigenvalue weighted by atomic mass is 10.1. The van der Waals surface area contributed by atoms with Crippen LogP contribution in [0, 0.1) is 12.7 Å². The van der Waals surface area contributed by atoms with E-state index in [1.807, 2.05) is 0 Å². The molecule has 0 saturated carbocycles. The van der Waals surface area contributed by atoms with Gasteiger partial charge < -0.3 is 10.1 Å². The van der Waals surface area contributed by atoms with Gasteiger partial charge >= 0.3 is 12.1 Å². The Balaban J connectivity index is 1.78. The van der Waals surface area contributed by atoms with Crippen molar-refractivity contribution in [2.75, 3.05) is 16.9 Å². The van der Waals surface area contributed by atoms with E-state index in [1.54, 1.807) is 19.9 Å². The number of alkyl halides is 3. The third kappa shape index (κ3) is 5.43. The summed E-state index contributed by atoms with van der Waals surface area (Å²) in [7, 11) is 0. The van der Waals surface area contributed by atoms with Crippen LogP contribution in [-0.4, -0.2) is 39.7 Å². The zero-order valence-corrected chi connectivity index (χ0v) is 19.5. The highest BCUT2D eigenvalue weighted by atomic mass is 19.4. The molecule has 1 aliphatic heterocycles. The van der Waals surface area contributed by atoms with E-state index in [0.717, 1.165) is 6.08 Å². The van der Waals surface area contributed by atoms with Gasteiger partial charge in [-0.3, -0.25) is 9.99 Å². The molecule has 1 unspecified atom stereocenters. The molecular weight excluding hydrogens is 480 g/mol. The second-order valence-electron chi connectivity index (χ2n) is 8.05. The molecule has 2 aromatic heterocycles. The summed E-state index contributed by atoms with van der Waals surface area (Å²) in [6.07, 6.45) is 0.642. The number of esters is 1. The van der Waals surface area contributed by atoms with Crippen molar-refractivity contribution in [3.8, 4) is 11.1 Å². The predicted molar refractivity (Wildman–Crippen MR) is 125 cm³/mol. The lowest BCUT2D eigenvalue weighted by Crippen LogP contribution is -2.45. The summed E-state index contributed by atoms with van der Waals surface area (Å²) in [5, 5.41) is 4.07. The lowest BCUT2D eigenvalue weighted by molar-refractivity contribution is -0.142. The van der Waals surface area contributed by atoms with Crippen LogP contribution in [0.15, 0.2) is 54.6 Å². The normalized spacial score (nSPS) is 15.6. The number of carbonyl (C=O) groups is 1. The first-order chi connectivity index (χ1) is 17.0. The Morgan fingerprint density at radius 1 is 1.17 bits per heavy atom. The van der Waals surface area contributed by atoms with Gasteiger partial charge in [0, 0.05) is 41.1 Å². The summed E-state index contributed by atoms with van der Waals surface area (Å²) in [6, 6.07) is 3.84. The molecule has 1 aliphatic rings. The number of hydrogen-bond acceptors (Lipinski definition) is 8. The molecule has 3 aromatic rings. The van der Waals surface area contributed by atoms with E-state index in [2.05, 4.69) is 25.7 Å². The average molecular weight is 502 g/mol. The third-order valence-electron chi connectivity index (χ3n) is 5.22. The largest absolute Gasteiger partial charge is 0.462 e. The van der Waals surface area contributed by atoms with Crippen LogP contribution < -0.4 is 15.8 Å². The number of hydrazine groups is 1. The summed E-state index contributed by atoms with van der Waals surface area (Å²) in [5.74, 6) is -0.965. The maximum absolute atomic E-state index is 13.8. The van der Waals surface area contributed by atoms with Gasteiger partial charge in [0.25, 0.3) is 0 Å². The minimum Gasteiger partial charge on any atom is -0.462 e. The highest BCUT2D eigenvalue weighted by Crippen LogP contribution is 2.35. The number of benzene rings is 1. The SMILES string of the molecule is CCOC(=O)c1cncc(-c2cnc(Nc3cc(C)cc(F)c3)nc2N2NC(C(F)(F)F)C=C2C)c1. The number of nitrogens with one attached hydrogen (secondary N) is 2. The molecule has 1 atom stereocenters. The number of rotatable bonds is 6. The predicted octanol–water partition coefficient (Wildman–Crippen LogP) is 5.07. The standard InChI is InChI=1S/C24H22F4N6O2/c1-4-36-22(35)16-8-15(10-29-11-16)19-12-30-23(31-18-6-13(2)5-17(25)9-18)32-21(19)34-14(3)7-20(33-34)24(26,27)28/h5-12,20,33H,4H2,1-3H3,(H,30,31,32). The number of aromatic nitrogens is 3. The Morgan fingerprint density at radius 3 is 2.61 bits per heavy atom. The van der Waals surface area contributed by atoms with Crippen molar-refractivity contribution in [1.82, 2.24) is 20.4 Å². The third-order valence-corrected chi connectivity index (χ3v) is 5.22. The summed E-state index contributed by atoms with van der Waals surface area (Å²) in [5.41, 5.74) is 4.52. The molecule has 4 rings (SSSR count). The molecule has 8 nitrogen and oxygen atoms in total. The van der Waals surface area contributed by atoms with E-state index < -0.39 is 24.0 Å². The van der Waals surface area contributed by atoms with Crippen LogP contribution in [0.25, 0.3) is 11.1 Å². The molecule has 3 heterocycles. The second kappa shape index (κ2) is 9.90. The fourth-order valence-electron chi connectivity index (χ4n) is 3.65. The average Bonchev–Trinajstić information content (AvgIpc) is 3.21. The molecule has 0 saturated heterocycles. The molecular formula is C24H22F4N6O2. The quantitative estimate of drug-likeness (QED) is 0.357. The number of nitrogens with zero attached hydrogens (tertiary/aromatic N) is 4. The van der Waals surface area contributed by atoms with Crippen molar-refractivity contribution >= 4 is 23.4 Å². The molecule has 0 fully saturated rings. The highest BCUT2D eigenvalue weighted by molar-refractivity contribution is 5.91. The first kappa shape index (κ1) is 25.0. The fraction of sp³-hybridized carbons (Fsp3) is 0.250. The Morgan fingerprint density at radius 2 is 1.94 bits per heavy atom. The maximum Gasteiger partial charge on any atom is 0.409 e. The molecule has 1 aromatic carbocycles. The van der Waals surface area contributed by atoms with Gasteiger partial charge in [0.1, 0.15) is 11.9 Å². The smallest absolute Gasteiger partial charge is 0.409 e. The summed E-state index contributed by atoms with van der Waals surface area (Å²) >= 11 is 0. The second-order valence-corrected chi connectivity index (χ2v) is 8.05. The molecule has 0 amide bonds. The van der Waals surface area contributed by atoms with Gasteiger partial charge in [0.2, 0.25) is 5.95 Å². The van der Waals surface area contributed by atoms with Gasteiger partial charge in [-0.1, -0.05) is 0 Å². The zero-order valence-electron chi connectivity index (χ0n) is 19.5. The van der Waals surface area contributed by atoms with Crippen LogP contribution in [0.3, 0.4) is 0 Å². The van der Waals surface area contributed by atoms with Crippen molar-refractivity contribution in [3.63, 3.8) is 0 Å². The van der Waals surface area contributed by atoms with Gasteiger partial charge in [0.05, 0.1) is 12.2 Å². The molecule has 0 aliphatic carbocycles. The van der Waals surface area contributed by atoms with E-state index in [-0.39, 0.29) is 29.6 Å². The van der Waals surface area contributed by atoms with E-state index >= 15 is 0 Å². The van der Waals surface area contributed by atoms with Crippen LogP contribution in [0.2, 0.25) is 0 Å². The minimum atomic E-state index is -4.53. The van der Waals surface area contributed by atoms with Crippen molar-refractivity contribution in [1.29, 1.82) is 0 Å². The first-order valence-corrected chi connectivity index (χ1v) is 10.9. The molecule has 2 N–H and O–H groups in total. The summed E-state index contributed by atoms with van der Waals surface area (Å²) in [6.45, 7) is 5.05. The van der Waals surface area contributed by atoms with Crippen LogP contribution >= 0.6 is 0 Å². The van der Waals surface area contributed by atoms with Gasteiger partial charge in [-0.25, -0.2) is 19.6 Å². The number of allylic oxidation sites excluding steroid dienone is 1. The van der Waals surface area contributed by atoms with Crippen molar-refractivity contribution < 1.29 is 27.1 Å². The van der Waals surface area contributed by atoms with Crippen LogP contribution in [-0.2, 0) is 4.74 Å². The number of halogens is 4. The Labute approximate surface area is 204 Å². The fourth-order valence-corrected chi connectivity index (χ4v) is 3.65. The van der Waals surface area contributed by atoms with Crippen LogP contribution in [0.5, 0.6) is 0 Å². The van der Waals surface area contributed by atoms with Gasteiger partial charge in [-0.15, -0.1) is 0 Å². The molecule has 0 bridgehead atoms. The van der Waals surface area contributed by atoms with E-state index in [1.165, 1.54) is 48.7 Å². The van der Waals surface area contributed by atoms with Crippen LogP contribution in [0.1, 0.15) is 29.8 Å². The molecule has 0 radical (unpaired) electrons. The number of ether oxygens (including phenoxy) is 1. The number of carbonyl (C=O) groups excluding carboxylic acids is 1. The van der Waals surface area contributed by atoms with Crippen molar-refractivity contribution in [2.45, 2.75) is 33.0 Å². The van der Waals surface area contributed by atoms with E-state index in [9.17, 15) is 22.4 Å². The summed E-state index contributed by atoms with van der Waals surface area (Å²) in [4.78, 5) is 25.0. The van der Waals surface area contributed by atoms with Gasteiger partial charge in [0.15, 0.2) is 5.82 Å². The Hall–Kier alpha value is -4.06. The van der Waals surface area contributed by atoms with Crippen LogP contribution in [0.4, 0.5) is 35.0 Å². The molecule has 36 heavy (non-hydrogen) atoms. The number of pyridine rings is 1.